The van der Waals surface area contributed by atoms with Crippen LogP contribution in [0.1, 0.15) is 33.6 Å². The van der Waals surface area contributed by atoms with Gasteiger partial charge in [0.25, 0.3) is 0 Å². The molecule has 0 N–H and O–H groups in total. The zero-order chi connectivity index (χ0) is 12.6. The van der Waals surface area contributed by atoms with Crippen molar-refractivity contribution >= 4 is 14.1 Å². The molecule has 0 heterocycles. The van der Waals surface area contributed by atoms with Gasteiger partial charge < -0.3 is 4.43 Å². The number of rotatable bonds is 3. The van der Waals surface area contributed by atoms with Crippen molar-refractivity contribution in [1.82, 2.24) is 0 Å². The largest absolute Gasteiger partial charge is 0.402 e. The predicted octanol–water partition coefficient (Wildman–Crippen LogP) is 3.54. The Labute approximate surface area is 100 Å². The van der Waals surface area contributed by atoms with Crippen LogP contribution in [-0.4, -0.2) is 19.7 Å². The Hall–Kier alpha value is -0.413. The highest BCUT2D eigenvalue weighted by atomic mass is 28.4. The lowest BCUT2D eigenvalue weighted by atomic mass is 9.80. The summed E-state index contributed by atoms with van der Waals surface area (Å²) in [4.78, 5) is 12.5. The van der Waals surface area contributed by atoms with Crippen molar-refractivity contribution in [2.45, 2.75) is 58.9 Å². The highest BCUT2D eigenvalue weighted by Gasteiger charge is 2.46. The molecule has 0 fully saturated rings. The smallest absolute Gasteiger partial charge is 0.185 e. The fourth-order valence-corrected chi connectivity index (χ4v) is 3.51. The van der Waals surface area contributed by atoms with Gasteiger partial charge in [0.2, 0.25) is 0 Å². The molecule has 0 spiro atoms. The first-order valence-corrected chi connectivity index (χ1v) is 9.40. The predicted molar refractivity (Wildman–Crippen MR) is 70.0 cm³/mol. The molecule has 0 saturated heterocycles. The molecule has 0 aromatic carbocycles. The van der Waals surface area contributed by atoms with E-state index in [4.69, 9.17) is 4.43 Å². The van der Waals surface area contributed by atoms with Gasteiger partial charge in [-0.25, -0.2) is 0 Å². The molecule has 0 aromatic rings. The zero-order valence-electron chi connectivity index (χ0n) is 11.4. The number of hydrogen-bond donors (Lipinski definition) is 0. The van der Waals surface area contributed by atoms with Crippen LogP contribution in [0.4, 0.5) is 0 Å². The van der Waals surface area contributed by atoms with Crippen LogP contribution in [0.25, 0.3) is 0 Å². The van der Waals surface area contributed by atoms with Gasteiger partial charge in [-0.15, -0.1) is 0 Å². The van der Waals surface area contributed by atoms with E-state index >= 15 is 0 Å². The molecule has 3 heteroatoms. The minimum Gasteiger partial charge on any atom is -0.402 e. The Morgan fingerprint density at radius 1 is 1.31 bits per heavy atom. The number of ketones is 1. The molecule has 0 bridgehead atoms. The van der Waals surface area contributed by atoms with E-state index in [2.05, 4.69) is 25.7 Å². The quantitative estimate of drug-likeness (QED) is 0.557. The van der Waals surface area contributed by atoms with E-state index in [9.17, 15) is 4.79 Å². The number of allylic oxidation sites excluding steroid dienone is 1. The van der Waals surface area contributed by atoms with Crippen LogP contribution in [0.2, 0.25) is 19.6 Å². The average Bonchev–Trinajstić information content (AvgIpc) is 2.48. The Morgan fingerprint density at radius 3 is 2.19 bits per heavy atom. The summed E-state index contributed by atoms with van der Waals surface area (Å²) in [6.45, 7) is 12.3. The number of Topliss-reactive ketones (excluding diaryl/α,β-unsaturated/α-hetero) is 1. The second kappa shape index (κ2) is 4.11. The van der Waals surface area contributed by atoms with Crippen LogP contribution >= 0.6 is 0 Å². The van der Waals surface area contributed by atoms with Gasteiger partial charge in [-0.2, -0.15) is 0 Å². The molecule has 0 radical (unpaired) electrons. The summed E-state index contributed by atoms with van der Waals surface area (Å²) < 4.78 is 6.18. The van der Waals surface area contributed by atoms with Crippen molar-refractivity contribution in [3.8, 4) is 0 Å². The fourth-order valence-electron chi connectivity index (χ4n) is 2.16. The molecule has 1 atom stereocenters. The molecule has 0 aromatic heterocycles. The molecule has 2 nitrogen and oxygen atoms in total. The van der Waals surface area contributed by atoms with E-state index in [1.54, 1.807) is 0 Å². The number of carbonyl (C=O) groups is 1. The maximum absolute atomic E-state index is 12.5. The fraction of sp³-hybridized carbons (Fsp3) is 0.769. The van der Waals surface area contributed by atoms with Gasteiger partial charge in [-0.3, -0.25) is 4.79 Å². The third-order valence-electron chi connectivity index (χ3n) is 2.62. The lowest BCUT2D eigenvalue weighted by Gasteiger charge is -2.37. The van der Waals surface area contributed by atoms with Crippen molar-refractivity contribution < 1.29 is 9.22 Å². The Morgan fingerprint density at radius 2 is 1.88 bits per heavy atom. The highest BCUT2D eigenvalue weighted by Crippen LogP contribution is 2.36. The van der Waals surface area contributed by atoms with E-state index in [1.165, 1.54) is 0 Å². The molecule has 16 heavy (non-hydrogen) atoms. The second-order valence-electron chi connectivity index (χ2n) is 6.62. The van der Waals surface area contributed by atoms with E-state index in [-0.39, 0.29) is 11.2 Å². The second-order valence-corrected chi connectivity index (χ2v) is 11.1. The maximum atomic E-state index is 12.5. The van der Waals surface area contributed by atoms with Crippen molar-refractivity contribution in [2.75, 3.05) is 0 Å². The van der Waals surface area contributed by atoms with Crippen LogP contribution in [0.5, 0.6) is 0 Å². The van der Waals surface area contributed by atoms with Gasteiger partial charge in [-0.1, -0.05) is 32.9 Å². The summed E-state index contributed by atoms with van der Waals surface area (Å²) in [5.41, 5.74) is -0.975. The summed E-state index contributed by atoms with van der Waals surface area (Å²) >= 11 is 0. The van der Waals surface area contributed by atoms with Crippen molar-refractivity contribution in [1.29, 1.82) is 0 Å². The van der Waals surface area contributed by atoms with Gasteiger partial charge in [0, 0.05) is 5.41 Å². The van der Waals surface area contributed by atoms with Gasteiger partial charge in [-0.05, 0) is 32.5 Å². The summed E-state index contributed by atoms with van der Waals surface area (Å²) in [7, 11) is -1.71. The molecular formula is C13H24O2Si. The minimum absolute atomic E-state index is 0.219. The van der Waals surface area contributed by atoms with Crippen LogP contribution in [0, 0.1) is 5.41 Å². The van der Waals surface area contributed by atoms with Gasteiger partial charge in [0.15, 0.2) is 14.1 Å². The molecule has 92 valence electrons. The molecule has 0 amide bonds. The van der Waals surface area contributed by atoms with E-state index in [0.29, 0.717) is 0 Å². The Kier molecular flexibility index (Phi) is 3.51. The highest BCUT2D eigenvalue weighted by molar-refractivity contribution is 6.70. The summed E-state index contributed by atoms with van der Waals surface area (Å²) in [6, 6.07) is 0. The molecular weight excluding hydrogens is 216 g/mol. The lowest BCUT2D eigenvalue weighted by Crippen LogP contribution is -2.50. The van der Waals surface area contributed by atoms with E-state index in [1.807, 2.05) is 26.8 Å². The van der Waals surface area contributed by atoms with Crippen molar-refractivity contribution in [3.05, 3.63) is 12.2 Å². The van der Waals surface area contributed by atoms with Gasteiger partial charge >= 0.3 is 0 Å². The first-order valence-electron chi connectivity index (χ1n) is 6.00. The molecule has 1 rings (SSSR count). The van der Waals surface area contributed by atoms with Crippen LogP contribution in [0.15, 0.2) is 12.2 Å². The van der Waals surface area contributed by atoms with Crippen molar-refractivity contribution in [2.24, 2.45) is 5.41 Å². The molecule has 0 aliphatic heterocycles. The van der Waals surface area contributed by atoms with Crippen LogP contribution in [-0.2, 0) is 9.22 Å². The Bertz CT molecular complexity index is 307. The average molecular weight is 240 g/mol. The summed E-state index contributed by atoms with van der Waals surface area (Å²) in [5, 5.41) is 0. The summed E-state index contributed by atoms with van der Waals surface area (Å²) in [6.07, 6.45) is 5.82. The third kappa shape index (κ3) is 3.05. The van der Waals surface area contributed by atoms with E-state index in [0.717, 1.165) is 12.8 Å². The molecule has 1 aliphatic rings. The van der Waals surface area contributed by atoms with Crippen molar-refractivity contribution in [3.63, 3.8) is 0 Å². The first-order chi connectivity index (χ1) is 7.07. The third-order valence-corrected chi connectivity index (χ3v) is 3.60. The first kappa shape index (κ1) is 13.7. The summed E-state index contributed by atoms with van der Waals surface area (Å²) in [5.74, 6) is 0.219. The molecule has 1 unspecified atom stereocenters. The monoisotopic (exact) mass is 240 g/mol. The number of carbonyl (C=O) groups excluding carboxylic acids is 1. The number of hydrogen-bond acceptors (Lipinski definition) is 2. The topological polar surface area (TPSA) is 26.3 Å². The van der Waals surface area contributed by atoms with E-state index < -0.39 is 13.9 Å². The minimum atomic E-state index is -1.71. The van der Waals surface area contributed by atoms with Crippen LogP contribution in [0.3, 0.4) is 0 Å². The molecule has 0 saturated carbocycles. The zero-order valence-corrected chi connectivity index (χ0v) is 12.4. The Balaban J connectivity index is 2.99. The SMILES string of the molecule is CC(C)(C)C(=O)C1(O[Si](C)(C)C)C=CCC1. The van der Waals surface area contributed by atoms with Crippen LogP contribution < -0.4 is 0 Å². The normalized spacial score (nSPS) is 26.1. The molecule has 1 aliphatic carbocycles. The van der Waals surface area contributed by atoms with Gasteiger partial charge in [0.1, 0.15) is 5.60 Å². The lowest BCUT2D eigenvalue weighted by molar-refractivity contribution is -0.139. The standard InChI is InChI=1S/C13H24O2Si/c1-12(2,3)11(14)13(9-7-8-10-13)15-16(4,5)6/h7,9H,8,10H2,1-6H3. The maximum Gasteiger partial charge on any atom is 0.185 e. The van der Waals surface area contributed by atoms with Gasteiger partial charge in [0.05, 0.1) is 0 Å².